The van der Waals surface area contributed by atoms with Gasteiger partial charge in [-0.2, -0.15) is 0 Å². The summed E-state index contributed by atoms with van der Waals surface area (Å²) in [7, 11) is 0. The summed E-state index contributed by atoms with van der Waals surface area (Å²) in [6.07, 6.45) is 11.7. The molecule has 0 aromatic heterocycles. The van der Waals surface area contributed by atoms with Gasteiger partial charge in [-0.05, 0) is 98.7 Å². The number of hydrogen-bond acceptors (Lipinski definition) is 3. The molecule has 26 heavy (non-hydrogen) atoms. The minimum atomic E-state index is -0.437. The Bertz CT molecular complexity index is 574. The van der Waals surface area contributed by atoms with Crippen molar-refractivity contribution in [1.82, 2.24) is 0 Å². The summed E-state index contributed by atoms with van der Waals surface area (Å²) in [6.45, 7) is 8.66. The summed E-state index contributed by atoms with van der Waals surface area (Å²) in [5, 5.41) is 11.3. The maximum Gasteiger partial charge on any atom is 0.302 e. The molecule has 0 unspecified atom stereocenters. The standard InChI is InChI=1S/C23H38O3/c1-5-23(25)13-10-20-18-7-6-16-14-17(26-15(2)24)8-11-21(16,3)19(18)9-12-22(20,23)4/h16-20,25H,5-14H2,1-4H3/t16-,17-,18-,19+,20-,21+,22+,23+/m1/s1. The average molecular weight is 363 g/mol. The lowest BCUT2D eigenvalue weighted by Crippen LogP contribution is -2.56. The predicted octanol–water partition coefficient (Wildman–Crippen LogP) is 5.10. The highest BCUT2D eigenvalue weighted by atomic mass is 16.5. The Kier molecular flexibility index (Phi) is 4.49. The Morgan fingerprint density at radius 1 is 1.04 bits per heavy atom. The van der Waals surface area contributed by atoms with E-state index in [4.69, 9.17) is 4.74 Å². The van der Waals surface area contributed by atoms with E-state index in [0.29, 0.717) is 17.3 Å². The van der Waals surface area contributed by atoms with Crippen molar-refractivity contribution in [3.05, 3.63) is 0 Å². The predicted molar refractivity (Wildman–Crippen MR) is 103 cm³/mol. The fourth-order valence-corrected chi connectivity index (χ4v) is 8.25. The van der Waals surface area contributed by atoms with Crippen LogP contribution in [0.5, 0.6) is 0 Å². The van der Waals surface area contributed by atoms with Crippen molar-refractivity contribution in [3.8, 4) is 0 Å². The first kappa shape index (κ1) is 18.8. The molecule has 4 fully saturated rings. The van der Waals surface area contributed by atoms with Crippen LogP contribution in [0.3, 0.4) is 0 Å². The Labute approximate surface area is 159 Å². The highest BCUT2D eigenvalue weighted by Crippen LogP contribution is 2.68. The van der Waals surface area contributed by atoms with E-state index in [2.05, 4.69) is 20.8 Å². The van der Waals surface area contributed by atoms with Gasteiger partial charge in [-0.25, -0.2) is 0 Å². The number of carbonyl (C=O) groups excluding carboxylic acids is 1. The molecule has 3 nitrogen and oxygen atoms in total. The van der Waals surface area contributed by atoms with Crippen molar-refractivity contribution in [3.63, 3.8) is 0 Å². The molecule has 0 aromatic carbocycles. The van der Waals surface area contributed by atoms with Crippen LogP contribution in [0.25, 0.3) is 0 Å². The van der Waals surface area contributed by atoms with Crippen molar-refractivity contribution in [2.45, 2.75) is 104 Å². The molecule has 8 atom stereocenters. The van der Waals surface area contributed by atoms with Gasteiger partial charge < -0.3 is 9.84 Å². The van der Waals surface area contributed by atoms with E-state index < -0.39 is 5.60 Å². The lowest BCUT2D eigenvalue weighted by Gasteiger charge is -2.61. The van der Waals surface area contributed by atoms with Crippen molar-refractivity contribution in [2.24, 2.45) is 34.5 Å². The lowest BCUT2D eigenvalue weighted by atomic mass is 9.44. The van der Waals surface area contributed by atoms with E-state index in [1.807, 2.05) is 0 Å². The number of carbonyl (C=O) groups is 1. The van der Waals surface area contributed by atoms with Crippen LogP contribution in [0, 0.1) is 34.5 Å². The Morgan fingerprint density at radius 2 is 1.77 bits per heavy atom. The molecule has 1 N–H and O–H groups in total. The molecule has 0 saturated heterocycles. The number of aliphatic hydroxyl groups is 1. The van der Waals surface area contributed by atoms with Gasteiger partial charge in [0, 0.05) is 6.92 Å². The third-order valence-electron chi connectivity index (χ3n) is 9.86. The normalized spacial score (nSPS) is 53.3. The second-order valence-electron chi connectivity index (χ2n) is 10.5. The molecule has 148 valence electrons. The third-order valence-corrected chi connectivity index (χ3v) is 9.86. The van der Waals surface area contributed by atoms with E-state index in [0.717, 1.165) is 37.5 Å². The van der Waals surface area contributed by atoms with Crippen LogP contribution >= 0.6 is 0 Å². The fourth-order valence-electron chi connectivity index (χ4n) is 8.25. The van der Waals surface area contributed by atoms with Crippen LogP contribution in [0.15, 0.2) is 0 Å². The van der Waals surface area contributed by atoms with Crippen molar-refractivity contribution >= 4 is 5.97 Å². The molecule has 0 aliphatic heterocycles. The van der Waals surface area contributed by atoms with Crippen LogP contribution in [0.1, 0.15) is 91.9 Å². The van der Waals surface area contributed by atoms with Gasteiger partial charge >= 0.3 is 5.97 Å². The minimum Gasteiger partial charge on any atom is -0.463 e. The van der Waals surface area contributed by atoms with Crippen molar-refractivity contribution in [1.29, 1.82) is 0 Å². The quantitative estimate of drug-likeness (QED) is 0.695. The molecule has 0 aromatic rings. The molecular formula is C23H38O3. The first-order chi connectivity index (χ1) is 12.2. The van der Waals surface area contributed by atoms with Crippen LogP contribution in [0.2, 0.25) is 0 Å². The third kappa shape index (κ3) is 2.52. The van der Waals surface area contributed by atoms with Crippen LogP contribution in [-0.2, 0) is 9.53 Å². The van der Waals surface area contributed by atoms with Crippen LogP contribution < -0.4 is 0 Å². The highest BCUT2D eigenvalue weighted by Gasteiger charge is 2.64. The zero-order valence-electron chi connectivity index (χ0n) is 17.2. The zero-order chi connectivity index (χ0) is 18.7. The molecular weight excluding hydrogens is 324 g/mol. The molecule has 0 radical (unpaired) electrons. The number of hydrogen-bond donors (Lipinski definition) is 1. The van der Waals surface area contributed by atoms with Crippen LogP contribution in [0.4, 0.5) is 0 Å². The van der Waals surface area contributed by atoms with E-state index in [-0.39, 0.29) is 17.5 Å². The van der Waals surface area contributed by atoms with E-state index in [1.54, 1.807) is 6.92 Å². The molecule has 4 rings (SSSR count). The summed E-state index contributed by atoms with van der Waals surface area (Å²) >= 11 is 0. The summed E-state index contributed by atoms with van der Waals surface area (Å²) in [6, 6.07) is 0. The molecule has 4 aliphatic rings. The molecule has 0 amide bonds. The molecule has 4 aliphatic carbocycles. The summed E-state index contributed by atoms with van der Waals surface area (Å²) in [5.74, 6) is 2.89. The number of rotatable bonds is 2. The maximum atomic E-state index is 11.4. The SMILES string of the molecule is CC[C@]1(O)CC[C@@H]2[C@@H]3CC[C@@H]4C[C@H](OC(C)=O)CC[C@]4(C)[C@H]3CC[C@@]21C. The van der Waals surface area contributed by atoms with E-state index in [9.17, 15) is 9.90 Å². The average Bonchev–Trinajstić information content (AvgIpc) is 2.87. The fraction of sp³-hybridized carbons (Fsp3) is 0.957. The lowest BCUT2D eigenvalue weighted by molar-refractivity contribution is -0.169. The highest BCUT2D eigenvalue weighted by molar-refractivity contribution is 5.66. The molecule has 0 heterocycles. The molecule has 4 saturated carbocycles. The summed E-state index contributed by atoms with van der Waals surface area (Å²) < 4.78 is 5.58. The number of fused-ring (bicyclic) bond motifs is 5. The van der Waals surface area contributed by atoms with E-state index in [1.165, 1.54) is 38.5 Å². The zero-order valence-corrected chi connectivity index (χ0v) is 17.2. The van der Waals surface area contributed by atoms with Gasteiger partial charge in [-0.3, -0.25) is 4.79 Å². The van der Waals surface area contributed by atoms with Gasteiger partial charge in [0.15, 0.2) is 0 Å². The van der Waals surface area contributed by atoms with Gasteiger partial charge in [0.05, 0.1) is 5.60 Å². The topological polar surface area (TPSA) is 46.5 Å². The van der Waals surface area contributed by atoms with Gasteiger partial charge in [-0.15, -0.1) is 0 Å². The van der Waals surface area contributed by atoms with Crippen LogP contribution in [-0.4, -0.2) is 22.8 Å². The monoisotopic (exact) mass is 362 g/mol. The van der Waals surface area contributed by atoms with Gasteiger partial charge in [0.1, 0.15) is 6.10 Å². The van der Waals surface area contributed by atoms with E-state index >= 15 is 0 Å². The second kappa shape index (κ2) is 6.22. The first-order valence-corrected chi connectivity index (χ1v) is 11.1. The molecule has 0 bridgehead atoms. The summed E-state index contributed by atoms with van der Waals surface area (Å²) in [5.41, 5.74) is 0.0995. The van der Waals surface area contributed by atoms with Crippen molar-refractivity contribution < 1.29 is 14.6 Å². The maximum absolute atomic E-state index is 11.4. The Balaban J connectivity index is 1.55. The number of ether oxygens (including phenoxy) is 1. The molecule has 0 spiro atoms. The first-order valence-electron chi connectivity index (χ1n) is 11.1. The summed E-state index contributed by atoms with van der Waals surface area (Å²) in [4.78, 5) is 11.4. The minimum absolute atomic E-state index is 0.120. The largest absolute Gasteiger partial charge is 0.463 e. The van der Waals surface area contributed by atoms with Gasteiger partial charge in [0.25, 0.3) is 0 Å². The smallest absolute Gasteiger partial charge is 0.302 e. The Hall–Kier alpha value is -0.570. The number of esters is 1. The van der Waals surface area contributed by atoms with Gasteiger partial charge in [0.2, 0.25) is 0 Å². The second-order valence-corrected chi connectivity index (χ2v) is 10.5. The van der Waals surface area contributed by atoms with Crippen molar-refractivity contribution in [2.75, 3.05) is 0 Å². The molecule has 3 heteroatoms. The van der Waals surface area contributed by atoms with Gasteiger partial charge in [-0.1, -0.05) is 20.8 Å². The Morgan fingerprint density at radius 3 is 2.46 bits per heavy atom.